The molecule has 6 nitrogen and oxygen atoms in total. The summed E-state index contributed by atoms with van der Waals surface area (Å²) in [6.45, 7) is 2.44. The van der Waals surface area contributed by atoms with Gasteiger partial charge in [-0.25, -0.2) is 0 Å². The number of benzene rings is 3. The highest BCUT2D eigenvalue weighted by Gasteiger charge is 2.23. The number of ether oxygens (including phenoxy) is 1. The first-order valence-corrected chi connectivity index (χ1v) is 13.7. The Morgan fingerprint density at radius 3 is 2.36 bits per heavy atom. The topological polar surface area (TPSA) is 78.9 Å². The predicted molar refractivity (Wildman–Crippen MR) is 158 cm³/mol. The number of halogens is 2. The molecule has 1 aliphatic heterocycles. The normalized spacial score (nSPS) is 12.8. The van der Waals surface area contributed by atoms with Crippen molar-refractivity contribution < 1.29 is 19.4 Å². The van der Waals surface area contributed by atoms with E-state index >= 15 is 0 Å². The lowest BCUT2D eigenvalue weighted by molar-refractivity contribution is -0.126. The molecule has 8 heteroatoms. The van der Waals surface area contributed by atoms with Crippen LogP contribution in [0.25, 0.3) is 5.57 Å². The molecule has 0 aliphatic carbocycles. The lowest BCUT2D eigenvalue weighted by atomic mass is 9.92. The third-order valence-corrected chi connectivity index (χ3v) is 7.18. The van der Waals surface area contributed by atoms with Crippen LogP contribution in [0, 0.1) is 0 Å². The summed E-state index contributed by atoms with van der Waals surface area (Å²) < 4.78 is 5.80. The summed E-state index contributed by atoms with van der Waals surface area (Å²) in [5, 5.41) is 11.6. The van der Waals surface area contributed by atoms with Crippen LogP contribution in [0.5, 0.6) is 5.75 Å². The molecule has 39 heavy (non-hydrogen) atoms. The molecule has 0 fully saturated rings. The Kier molecular flexibility index (Phi) is 12.4. The number of carbonyl (C=O) groups is 2. The summed E-state index contributed by atoms with van der Waals surface area (Å²) >= 11 is 12.4. The molecule has 0 saturated heterocycles. The molecule has 0 spiro atoms. The van der Waals surface area contributed by atoms with Crippen molar-refractivity contribution in [2.24, 2.45) is 0 Å². The Hall–Kier alpha value is -3.32. The van der Waals surface area contributed by atoms with Crippen molar-refractivity contribution in [1.82, 2.24) is 10.2 Å². The largest absolute Gasteiger partial charge is 0.492 e. The van der Waals surface area contributed by atoms with Gasteiger partial charge in [0.2, 0.25) is 0 Å². The highest BCUT2D eigenvalue weighted by atomic mass is 35.5. The van der Waals surface area contributed by atoms with Crippen molar-refractivity contribution in [2.45, 2.75) is 25.7 Å². The van der Waals surface area contributed by atoms with Crippen molar-refractivity contribution in [2.75, 3.05) is 33.3 Å². The number of hydrogen-bond donors (Lipinski definition) is 2. The fourth-order valence-electron chi connectivity index (χ4n) is 4.42. The van der Waals surface area contributed by atoms with E-state index in [0.29, 0.717) is 24.7 Å². The maximum Gasteiger partial charge on any atom is 0.290 e. The zero-order valence-corrected chi connectivity index (χ0v) is 23.5. The molecule has 1 heterocycles. The average molecular weight is 570 g/mol. The number of likely N-dealkylation sites (N-methyl/N-ethyl adjacent to an activating group) is 1. The molecule has 0 aromatic heterocycles. The van der Waals surface area contributed by atoms with Crippen LogP contribution in [0.3, 0.4) is 0 Å². The first-order valence-electron chi connectivity index (χ1n) is 12.9. The zero-order chi connectivity index (χ0) is 28.0. The van der Waals surface area contributed by atoms with Crippen LogP contribution in [-0.4, -0.2) is 55.7 Å². The molecule has 3 aromatic carbocycles. The van der Waals surface area contributed by atoms with Gasteiger partial charge in [0.25, 0.3) is 12.4 Å². The molecule has 3 aromatic rings. The Morgan fingerprint density at radius 2 is 1.67 bits per heavy atom. The quantitative estimate of drug-likeness (QED) is 0.226. The van der Waals surface area contributed by atoms with Gasteiger partial charge in [-0.1, -0.05) is 77.8 Å². The van der Waals surface area contributed by atoms with Crippen LogP contribution in [0.4, 0.5) is 0 Å². The van der Waals surface area contributed by atoms with E-state index in [9.17, 15) is 4.79 Å². The fraction of sp³-hybridized carbons (Fsp3) is 0.290. The predicted octanol–water partition coefficient (Wildman–Crippen LogP) is 6.15. The van der Waals surface area contributed by atoms with Gasteiger partial charge in [-0.3, -0.25) is 9.59 Å². The van der Waals surface area contributed by atoms with Gasteiger partial charge >= 0.3 is 0 Å². The van der Waals surface area contributed by atoms with E-state index in [0.717, 1.165) is 65.3 Å². The molecular weight excluding hydrogens is 535 g/mol. The molecule has 2 N–H and O–H groups in total. The van der Waals surface area contributed by atoms with Crippen molar-refractivity contribution in [3.8, 4) is 5.75 Å². The number of carboxylic acid groups (broad SMARTS) is 1. The zero-order valence-electron chi connectivity index (χ0n) is 22.0. The van der Waals surface area contributed by atoms with Gasteiger partial charge in [0, 0.05) is 30.7 Å². The lowest BCUT2D eigenvalue weighted by Gasteiger charge is -2.25. The smallest absolute Gasteiger partial charge is 0.290 e. The number of nitrogens with zero attached hydrogens (tertiary/aromatic N) is 1. The molecule has 206 valence electrons. The molecule has 0 unspecified atom stereocenters. The van der Waals surface area contributed by atoms with Gasteiger partial charge in [0.15, 0.2) is 0 Å². The van der Waals surface area contributed by atoms with Gasteiger partial charge in [-0.15, -0.1) is 0 Å². The summed E-state index contributed by atoms with van der Waals surface area (Å²) in [7, 11) is 1.87. The minimum absolute atomic E-state index is 0.0741. The number of nitrogens with one attached hydrogen (secondary N) is 1. The number of aryl methyl sites for hydroxylation is 1. The number of amides is 1. The van der Waals surface area contributed by atoms with Crippen molar-refractivity contribution in [3.63, 3.8) is 0 Å². The lowest BCUT2D eigenvalue weighted by Crippen LogP contribution is -2.36. The molecule has 1 aliphatic rings. The van der Waals surface area contributed by atoms with Crippen LogP contribution in [0.1, 0.15) is 29.5 Å². The molecule has 1 amide bonds. The van der Waals surface area contributed by atoms with Crippen LogP contribution >= 0.6 is 23.2 Å². The maximum atomic E-state index is 13.3. The van der Waals surface area contributed by atoms with Gasteiger partial charge in [0.05, 0.1) is 11.6 Å². The van der Waals surface area contributed by atoms with Crippen molar-refractivity contribution in [1.29, 1.82) is 0 Å². The van der Waals surface area contributed by atoms with E-state index in [-0.39, 0.29) is 12.4 Å². The van der Waals surface area contributed by atoms with Gasteiger partial charge < -0.3 is 20.1 Å². The second-order valence-corrected chi connectivity index (χ2v) is 9.95. The molecule has 0 bridgehead atoms. The third-order valence-electron chi connectivity index (χ3n) is 6.50. The number of carbonyl (C=O) groups excluding carboxylic acids is 1. The SMILES string of the molecule is CN(CCc1ccccc1Cl)C(=O)C1=C(c2ccc(CCCOc3ccccc3Cl)cc2)CCNC1.O=CO. The van der Waals surface area contributed by atoms with Gasteiger partial charge in [0.1, 0.15) is 5.75 Å². The second-order valence-electron chi connectivity index (χ2n) is 9.14. The van der Waals surface area contributed by atoms with E-state index in [2.05, 4.69) is 29.6 Å². The third kappa shape index (κ3) is 9.13. The molecule has 4 rings (SSSR count). The van der Waals surface area contributed by atoms with E-state index in [1.54, 1.807) is 4.90 Å². The van der Waals surface area contributed by atoms with Crippen molar-refractivity contribution in [3.05, 3.63) is 105 Å². The summed E-state index contributed by atoms with van der Waals surface area (Å²) in [4.78, 5) is 23.5. The summed E-state index contributed by atoms with van der Waals surface area (Å²) in [6.07, 6.45) is 3.39. The van der Waals surface area contributed by atoms with E-state index in [4.69, 9.17) is 37.8 Å². The number of rotatable bonds is 10. The maximum absolute atomic E-state index is 13.3. The van der Waals surface area contributed by atoms with Crippen LogP contribution in [0.15, 0.2) is 78.4 Å². The first kappa shape index (κ1) is 30.2. The molecule has 0 radical (unpaired) electrons. The number of hydrogen-bond acceptors (Lipinski definition) is 4. The summed E-state index contributed by atoms with van der Waals surface area (Å²) in [5.74, 6) is 0.798. The Labute approximate surface area is 240 Å². The van der Waals surface area contributed by atoms with E-state index < -0.39 is 0 Å². The Bertz CT molecular complexity index is 1260. The van der Waals surface area contributed by atoms with Crippen LogP contribution in [0.2, 0.25) is 10.0 Å². The molecule has 0 saturated carbocycles. The average Bonchev–Trinajstić information content (AvgIpc) is 2.96. The van der Waals surface area contributed by atoms with Crippen LogP contribution in [-0.2, 0) is 22.4 Å². The van der Waals surface area contributed by atoms with E-state index in [1.165, 1.54) is 5.56 Å². The van der Waals surface area contributed by atoms with Gasteiger partial charge in [-0.05, 0) is 72.7 Å². The molecule has 0 atom stereocenters. The van der Waals surface area contributed by atoms with Crippen molar-refractivity contribution >= 4 is 41.2 Å². The monoisotopic (exact) mass is 568 g/mol. The standard InChI is InChI=1S/C30H32Cl2N2O2.CH2O2/c1-34(19-17-24-8-2-3-9-27(24)31)30(35)26-21-33-18-16-25(26)23-14-12-22(13-15-23)7-6-20-36-29-11-5-4-10-28(29)32;2-1-3/h2-5,8-15,33H,6-7,16-21H2,1H3;1H,(H,2,3). The second kappa shape index (κ2) is 15.9. The molecular formula is C31H34Cl2N2O4. The first-order chi connectivity index (χ1) is 18.9. The van der Waals surface area contributed by atoms with Gasteiger partial charge in [-0.2, -0.15) is 0 Å². The number of para-hydroxylation sites is 1. The summed E-state index contributed by atoms with van der Waals surface area (Å²) in [6, 6.07) is 23.9. The Balaban J connectivity index is 0.00000134. The Morgan fingerprint density at radius 1 is 1.00 bits per heavy atom. The highest BCUT2D eigenvalue weighted by Crippen LogP contribution is 2.27. The van der Waals surface area contributed by atoms with Crippen LogP contribution < -0.4 is 10.1 Å². The van der Waals surface area contributed by atoms with E-state index in [1.807, 2.05) is 55.6 Å². The highest BCUT2D eigenvalue weighted by molar-refractivity contribution is 6.32. The minimum Gasteiger partial charge on any atom is -0.492 e. The fourth-order valence-corrected chi connectivity index (χ4v) is 4.84. The minimum atomic E-state index is -0.250. The summed E-state index contributed by atoms with van der Waals surface area (Å²) in [5.41, 5.74) is 5.42.